The number of aromatic nitrogens is 1. The number of H-pyrrole nitrogens is 1. The Bertz CT molecular complexity index is 589. The van der Waals surface area contributed by atoms with Crippen molar-refractivity contribution in [3.05, 3.63) is 41.8 Å². The Morgan fingerprint density at radius 1 is 1.56 bits per heavy atom. The molecule has 0 aliphatic heterocycles. The van der Waals surface area contributed by atoms with Gasteiger partial charge in [-0.15, -0.1) is 11.8 Å². The van der Waals surface area contributed by atoms with E-state index in [1.165, 1.54) is 10.3 Å². The van der Waals surface area contributed by atoms with E-state index in [1.54, 1.807) is 11.8 Å². The van der Waals surface area contributed by atoms with Crippen LogP contribution in [-0.4, -0.2) is 22.4 Å². The van der Waals surface area contributed by atoms with Gasteiger partial charge in [-0.1, -0.05) is 18.7 Å². The molecule has 1 heterocycles. The number of thioether (sulfide) groups is 1. The lowest BCUT2D eigenvalue weighted by Gasteiger charge is -2.10. The molecule has 0 saturated heterocycles. The van der Waals surface area contributed by atoms with Crippen LogP contribution in [0.25, 0.3) is 10.9 Å². The third-order valence-electron chi connectivity index (χ3n) is 3.19. The van der Waals surface area contributed by atoms with Crippen molar-refractivity contribution in [1.82, 2.24) is 4.98 Å². The van der Waals surface area contributed by atoms with Crippen molar-refractivity contribution in [2.75, 3.05) is 6.26 Å². The molecule has 2 aromatic rings. The molecule has 4 N–H and O–H groups in total. The Balaban J connectivity index is 2.51. The third kappa shape index (κ3) is 2.26. The first-order valence-electron chi connectivity index (χ1n) is 5.82. The van der Waals surface area contributed by atoms with Crippen LogP contribution in [0.1, 0.15) is 11.3 Å². The van der Waals surface area contributed by atoms with Crippen LogP contribution in [0.3, 0.4) is 0 Å². The van der Waals surface area contributed by atoms with Gasteiger partial charge in [-0.2, -0.15) is 0 Å². The number of rotatable bonds is 4. The van der Waals surface area contributed by atoms with Crippen LogP contribution in [0.4, 0.5) is 0 Å². The monoisotopic (exact) mass is 262 g/mol. The number of fused-ring (bicyclic) bond motifs is 1. The first kappa shape index (κ1) is 13.1. The number of aliphatic hydroxyl groups is 1. The molecule has 0 bridgehead atoms. The maximum absolute atomic E-state index is 9.35. The number of nitrogens with two attached hydrogens (primary N) is 1. The van der Waals surface area contributed by atoms with Gasteiger partial charge in [0.05, 0.1) is 11.6 Å². The Labute approximate surface area is 111 Å². The minimum absolute atomic E-state index is 0.0322. The summed E-state index contributed by atoms with van der Waals surface area (Å²) < 4.78 is 0. The van der Waals surface area contributed by atoms with Crippen molar-refractivity contribution < 1.29 is 5.11 Å². The highest BCUT2D eigenvalue weighted by Crippen LogP contribution is 2.30. The minimum atomic E-state index is -0.416. The predicted octanol–water partition coefficient (Wildman–Crippen LogP) is 3.14. The lowest BCUT2D eigenvalue weighted by Crippen LogP contribution is -2.24. The van der Waals surface area contributed by atoms with Crippen molar-refractivity contribution >= 4 is 22.7 Å². The summed E-state index contributed by atoms with van der Waals surface area (Å²) in [5, 5.41) is 10.5. The molecular formula is C14H18N2OS. The van der Waals surface area contributed by atoms with E-state index in [9.17, 15) is 5.11 Å². The smallest absolute Gasteiger partial charge is 0.102 e. The highest BCUT2D eigenvalue weighted by molar-refractivity contribution is 7.98. The van der Waals surface area contributed by atoms with E-state index >= 15 is 0 Å². The van der Waals surface area contributed by atoms with Crippen LogP contribution in [-0.2, 0) is 6.42 Å². The van der Waals surface area contributed by atoms with Gasteiger partial charge in [-0.25, -0.2) is 0 Å². The van der Waals surface area contributed by atoms with E-state index < -0.39 is 6.04 Å². The maximum atomic E-state index is 9.35. The highest BCUT2D eigenvalue weighted by atomic mass is 32.2. The molecule has 0 spiro atoms. The third-order valence-corrected chi connectivity index (χ3v) is 3.97. The minimum Gasteiger partial charge on any atom is -0.511 e. The standard InChI is InChI=1S/C14H18N2OS/c1-8-11(7-12(15)9(2)17)10-5-4-6-13(18-3)14(10)16-8/h4-6,12,16-17H,2,7,15H2,1,3H3. The first-order chi connectivity index (χ1) is 8.54. The molecule has 0 aliphatic carbocycles. The van der Waals surface area contributed by atoms with Gasteiger partial charge in [0.25, 0.3) is 0 Å². The molecule has 0 fully saturated rings. The first-order valence-corrected chi connectivity index (χ1v) is 7.04. The maximum Gasteiger partial charge on any atom is 0.102 e. The second-order valence-electron chi connectivity index (χ2n) is 4.41. The zero-order valence-corrected chi connectivity index (χ0v) is 11.5. The normalized spacial score (nSPS) is 12.8. The fraction of sp³-hybridized carbons (Fsp3) is 0.286. The van der Waals surface area contributed by atoms with Crippen LogP contribution in [0.2, 0.25) is 0 Å². The molecule has 0 saturated carbocycles. The molecule has 1 aromatic heterocycles. The topological polar surface area (TPSA) is 62.0 Å². The lowest BCUT2D eigenvalue weighted by atomic mass is 10.0. The number of hydrogen-bond donors (Lipinski definition) is 3. The number of hydrogen-bond acceptors (Lipinski definition) is 3. The van der Waals surface area contributed by atoms with Gasteiger partial charge in [0.15, 0.2) is 0 Å². The van der Waals surface area contributed by atoms with E-state index in [0.29, 0.717) is 6.42 Å². The second-order valence-corrected chi connectivity index (χ2v) is 5.26. The van der Waals surface area contributed by atoms with Gasteiger partial charge in [-0.05, 0) is 31.2 Å². The lowest BCUT2D eigenvalue weighted by molar-refractivity contribution is 0.368. The van der Waals surface area contributed by atoms with Crippen molar-refractivity contribution in [2.24, 2.45) is 5.73 Å². The Morgan fingerprint density at radius 3 is 2.89 bits per heavy atom. The Hall–Kier alpha value is -1.39. The van der Waals surface area contributed by atoms with Gasteiger partial charge in [0.1, 0.15) is 5.76 Å². The summed E-state index contributed by atoms with van der Waals surface area (Å²) in [5.41, 5.74) is 9.27. The van der Waals surface area contributed by atoms with Crippen LogP contribution >= 0.6 is 11.8 Å². The van der Waals surface area contributed by atoms with E-state index in [4.69, 9.17) is 5.73 Å². The number of benzene rings is 1. The summed E-state index contributed by atoms with van der Waals surface area (Å²) in [6.45, 7) is 5.53. The number of para-hydroxylation sites is 1. The average Bonchev–Trinajstić information content (AvgIpc) is 2.65. The van der Waals surface area contributed by atoms with E-state index in [1.807, 2.05) is 13.0 Å². The number of aromatic amines is 1. The zero-order chi connectivity index (χ0) is 13.3. The quantitative estimate of drug-likeness (QED) is 0.586. The Morgan fingerprint density at radius 2 is 2.28 bits per heavy atom. The summed E-state index contributed by atoms with van der Waals surface area (Å²) >= 11 is 1.72. The van der Waals surface area contributed by atoms with E-state index in [0.717, 1.165) is 16.8 Å². The van der Waals surface area contributed by atoms with Gasteiger partial charge in [-0.3, -0.25) is 0 Å². The zero-order valence-electron chi connectivity index (χ0n) is 10.7. The fourth-order valence-corrected chi connectivity index (χ4v) is 2.73. The van der Waals surface area contributed by atoms with Crippen molar-refractivity contribution in [2.45, 2.75) is 24.3 Å². The number of aryl methyl sites for hydroxylation is 1. The SMILES string of the molecule is C=C(O)C(N)Cc1c(C)[nH]c2c(SC)cccc12. The van der Waals surface area contributed by atoms with E-state index in [-0.39, 0.29) is 5.76 Å². The van der Waals surface area contributed by atoms with Crippen LogP contribution in [0.15, 0.2) is 35.4 Å². The molecule has 0 radical (unpaired) electrons. The van der Waals surface area contributed by atoms with Gasteiger partial charge in [0, 0.05) is 16.0 Å². The Kier molecular flexibility index (Phi) is 3.68. The summed E-state index contributed by atoms with van der Waals surface area (Å²) in [6, 6.07) is 5.81. The number of aliphatic hydroxyl groups excluding tert-OH is 1. The van der Waals surface area contributed by atoms with Crippen molar-refractivity contribution in [3.8, 4) is 0 Å². The number of nitrogens with one attached hydrogen (secondary N) is 1. The molecule has 1 aromatic carbocycles. The fourth-order valence-electron chi connectivity index (χ4n) is 2.15. The summed E-state index contributed by atoms with van der Waals surface area (Å²) in [7, 11) is 0. The second kappa shape index (κ2) is 5.08. The van der Waals surface area contributed by atoms with Gasteiger partial charge >= 0.3 is 0 Å². The summed E-state index contributed by atoms with van der Waals surface area (Å²) in [5.74, 6) is 0.0322. The predicted molar refractivity (Wildman–Crippen MR) is 78.3 cm³/mol. The summed E-state index contributed by atoms with van der Waals surface area (Å²) in [6.07, 6.45) is 2.66. The molecule has 96 valence electrons. The molecule has 0 amide bonds. The molecule has 1 unspecified atom stereocenters. The largest absolute Gasteiger partial charge is 0.511 e. The molecule has 18 heavy (non-hydrogen) atoms. The molecule has 4 heteroatoms. The van der Waals surface area contributed by atoms with Crippen LogP contribution < -0.4 is 5.73 Å². The molecule has 1 atom stereocenters. The van der Waals surface area contributed by atoms with E-state index in [2.05, 4.69) is 30.0 Å². The van der Waals surface area contributed by atoms with Gasteiger partial charge in [0.2, 0.25) is 0 Å². The van der Waals surface area contributed by atoms with Crippen molar-refractivity contribution in [1.29, 1.82) is 0 Å². The average molecular weight is 262 g/mol. The van der Waals surface area contributed by atoms with Crippen LogP contribution in [0, 0.1) is 6.92 Å². The van der Waals surface area contributed by atoms with Crippen molar-refractivity contribution in [3.63, 3.8) is 0 Å². The molecular weight excluding hydrogens is 244 g/mol. The summed E-state index contributed by atoms with van der Waals surface area (Å²) in [4.78, 5) is 4.62. The van der Waals surface area contributed by atoms with Gasteiger partial charge < -0.3 is 15.8 Å². The molecule has 3 nitrogen and oxygen atoms in total. The molecule has 2 rings (SSSR count). The molecule has 0 aliphatic rings. The van der Waals surface area contributed by atoms with Crippen LogP contribution in [0.5, 0.6) is 0 Å². The highest BCUT2D eigenvalue weighted by Gasteiger charge is 2.15.